The lowest BCUT2D eigenvalue weighted by atomic mass is 10.1. The largest absolute Gasteiger partial charge is 0.396 e. The van der Waals surface area contributed by atoms with Gasteiger partial charge in [-0.3, -0.25) is 24.5 Å². The lowest BCUT2D eigenvalue weighted by molar-refractivity contribution is -0.116. The standard InChI is InChI=1S/C13H17N5O7/c19-2-1-6(21)15-13-16-10-7(11(24)17-13)14-4-18(10)12-9(23)8(22)5(3-20)25-12/h4-5,8-9,12,19-20,22-23H,1-3H2,(H2,15,16,17,21,24)/t5-,8-,9-,12-/m1/s1. The van der Waals surface area contributed by atoms with Gasteiger partial charge in [0.15, 0.2) is 17.4 Å². The van der Waals surface area contributed by atoms with Gasteiger partial charge in [-0.05, 0) is 0 Å². The highest BCUT2D eigenvalue weighted by Crippen LogP contribution is 2.30. The Morgan fingerprint density at radius 3 is 2.76 bits per heavy atom. The monoisotopic (exact) mass is 355 g/mol. The summed E-state index contributed by atoms with van der Waals surface area (Å²) in [5.41, 5.74) is -0.675. The van der Waals surface area contributed by atoms with Gasteiger partial charge in [-0.1, -0.05) is 0 Å². The molecule has 12 nitrogen and oxygen atoms in total. The first-order valence-corrected chi connectivity index (χ1v) is 7.46. The summed E-state index contributed by atoms with van der Waals surface area (Å²) in [6.07, 6.45) is -3.78. The Hall–Kier alpha value is -2.38. The molecule has 0 unspecified atom stereocenters. The number of nitrogens with one attached hydrogen (secondary N) is 2. The maximum Gasteiger partial charge on any atom is 0.280 e. The SMILES string of the molecule is O=C(CCO)Nc1nc2c(ncn2[C@@H]2O[C@H](CO)[C@@H](O)[C@H]2O)c(=O)[nH]1. The second kappa shape index (κ2) is 6.85. The predicted molar refractivity (Wildman–Crippen MR) is 81.5 cm³/mol. The van der Waals surface area contributed by atoms with Gasteiger partial charge in [-0.2, -0.15) is 4.98 Å². The highest BCUT2D eigenvalue weighted by Gasteiger charge is 2.44. The third-order valence-corrected chi connectivity index (χ3v) is 3.82. The molecule has 3 rings (SSSR count). The number of H-pyrrole nitrogens is 1. The summed E-state index contributed by atoms with van der Waals surface area (Å²) in [6.45, 7) is -0.864. The number of amides is 1. The summed E-state index contributed by atoms with van der Waals surface area (Å²) in [6, 6.07) is 0. The maximum atomic E-state index is 12.1. The summed E-state index contributed by atoms with van der Waals surface area (Å²) in [7, 11) is 0. The van der Waals surface area contributed by atoms with E-state index >= 15 is 0 Å². The minimum absolute atomic E-state index is 0.0119. The number of rotatable bonds is 5. The fourth-order valence-electron chi connectivity index (χ4n) is 2.58. The van der Waals surface area contributed by atoms with E-state index in [1.54, 1.807) is 0 Å². The van der Waals surface area contributed by atoms with Crippen LogP contribution in [-0.2, 0) is 9.53 Å². The molecule has 0 spiro atoms. The molecule has 2 aromatic heterocycles. The Bertz CT molecular complexity index is 834. The Kier molecular flexibility index (Phi) is 4.78. The molecular weight excluding hydrogens is 338 g/mol. The Morgan fingerprint density at radius 2 is 2.12 bits per heavy atom. The van der Waals surface area contributed by atoms with E-state index in [4.69, 9.17) is 14.9 Å². The Labute approximate surface area is 139 Å². The second-order valence-electron chi connectivity index (χ2n) is 5.49. The number of aromatic amines is 1. The van der Waals surface area contributed by atoms with Crippen LogP contribution >= 0.6 is 0 Å². The van der Waals surface area contributed by atoms with E-state index in [9.17, 15) is 19.8 Å². The quantitative estimate of drug-likeness (QED) is 0.326. The molecule has 12 heteroatoms. The lowest BCUT2D eigenvalue weighted by Gasteiger charge is -2.16. The number of imidazole rings is 1. The van der Waals surface area contributed by atoms with Gasteiger partial charge < -0.3 is 25.2 Å². The number of carbonyl (C=O) groups excluding carboxylic acids is 1. The number of carbonyl (C=O) groups is 1. The third kappa shape index (κ3) is 3.12. The second-order valence-corrected chi connectivity index (χ2v) is 5.49. The van der Waals surface area contributed by atoms with Gasteiger partial charge in [0.05, 0.1) is 26.0 Å². The van der Waals surface area contributed by atoms with Crippen LogP contribution in [0.4, 0.5) is 5.95 Å². The fraction of sp³-hybridized carbons (Fsp3) is 0.538. The van der Waals surface area contributed by atoms with Gasteiger partial charge in [-0.25, -0.2) is 4.98 Å². The number of hydrogen-bond acceptors (Lipinski definition) is 9. The van der Waals surface area contributed by atoms with Crippen molar-refractivity contribution < 1.29 is 30.0 Å². The van der Waals surface area contributed by atoms with Gasteiger partial charge in [-0.15, -0.1) is 0 Å². The van der Waals surface area contributed by atoms with Gasteiger partial charge in [0.1, 0.15) is 18.3 Å². The van der Waals surface area contributed by atoms with Crippen molar-refractivity contribution in [2.24, 2.45) is 0 Å². The van der Waals surface area contributed by atoms with E-state index in [0.717, 1.165) is 0 Å². The lowest BCUT2D eigenvalue weighted by Crippen LogP contribution is -2.33. The van der Waals surface area contributed by atoms with Crippen LogP contribution < -0.4 is 10.9 Å². The van der Waals surface area contributed by atoms with Crippen LogP contribution in [0.15, 0.2) is 11.1 Å². The molecule has 0 radical (unpaired) electrons. The molecule has 1 amide bonds. The van der Waals surface area contributed by atoms with Gasteiger partial charge in [0.2, 0.25) is 11.9 Å². The van der Waals surface area contributed by atoms with Gasteiger partial charge >= 0.3 is 0 Å². The fourth-order valence-corrected chi connectivity index (χ4v) is 2.58. The number of aliphatic hydroxyl groups is 4. The van der Waals surface area contributed by atoms with E-state index < -0.39 is 42.6 Å². The summed E-state index contributed by atoms with van der Waals surface area (Å²) >= 11 is 0. The van der Waals surface area contributed by atoms with Crippen molar-refractivity contribution in [3.63, 3.8) is 0 Å². The molecule has 2 aromatic rings. The minimum Gasteiger partial charge on any atom is -0.396 e. The first-order chi connectivity index (χ1) is 12.0. The van der Waals surface area contributed by atoms with Crippen LogP contribution in [0, 0.1) is 0 Å². The molecule has 136 valence electrons. The van der Waals surface area contributed by atoms with Crippen molar-refractivity contribution in [1.82, 2.24) is 19.5 Å². The summed E-state index contributed by atoms with van der Waals surface area (Å²) in [5.74, 6) is -0.714. The number of aromatic nitrogens is 4. The number of ether oxygens (including phenoxy) is 1. The van der Waals surface area contributed by atoms with Crippen LogP contribution in [0.2, 0.25) is 0 Å². The van der Waals surface area contributed by atoms with E-state index in [1.165, 1.54) is 10.9 Å². The van der Waals surface area contributed by atoms with Crippen molar-refractivity contribution in [2.75, 3.05) is 18.5 Å². The summed E-state index contributed by atoms with van der Waals surface area (Å²) in [5, 5.41) is 40.2. The molecule has 3 heterocycles. The molecule has 1 aliphatic heterocycles. The maximum absolute atomic E-state index is 12.1. The van der Waals surface area contributed by atoms with Crippen molar-refractivity contribution in [1.29, 1.82) is 0 Å². The third-order valence-electron chi connectivity index (χ3n) is 3.82. The van der Waals surface area contributed by atoms with Crippen LogP contribution in [0.25, 0.3) is 11.2 Å². The molecule has 1 saturated heterocycles. The molecular formula is C13H17N5O7. The molecule has 4 atom stereocenters. The number of aliphatic hydroxyl groups excluding tert-OH is 4. The predicted octanol–water partition coefficient (Wildman–Crippen LogP) is -2.95. The van der Waals surface area contributed by atoms with E-state index in [0.29, 0.717) is 0 Å². The zero-order valence-electron chi connectivity index (χ0n) is 12.9. The summed E-state index contributed by atoms with van der Waals surface area (Å²) < 4.78 is 6.62. The molecule has 1 aliphatic rings. The topological polar surface area (TPSA) is 183 Å². The van der Waals surface area contributed by atoms with Crippen LogP contribution in [-0.4, -0.2) is 77.4 Å². The zero-order valence-corrected chi connectivity index (χ0v) is 12.9. The average Bonchev–Trinajstić information content (AvgIpc) is 3.10. The molecule has 0 saturated carbocycles. The van der Waals surface area contributed by atoms with E-state index in [1.807, 2.05) is 0 Å². The highest BCUT2D eigenvalue weighted by molar-refractivity contribution is 5.89. The normalized spacial score (nSPS) is 26.2. The zero-order chi connectivity index (χ0) is 18.1. The number of fused-ring (bicyclic) bond motifs is 1. The first kappa shape index (κ1) is 17.4. The first-order valence-electron chi connectivity index (χ1n) is 7.46. The smallest absolute Gasteiger partial charge is 0.280 e. The molecule has 25 heavy (non-hydrogen) atoms. The molecule has 0 aromatic carbocycles. The van der Waals surface area contributed by atoms with E-state index in [2.05, 4.69) is 20.3 Å². The Morgan fingerprint density at radius 1 is 1.36 bits per heavy atom. The van der Waals surface area contributed by atoms with Gasteiger partial charge in [0, 0.05) is 0 Å². The number of anilines is 1. The van der Waals surface area contributed by atoms with Crippen LogP contribution in [0.5, 0.6) is 0 Å². The van der Waals surface area contributed by atoms with Crippen molar-refractivity contribution in [3.8, 4) is 0 Å². The van der Waals surface area contributed by atoms with Crippen molar-refractivity contribution in [2.45, 2.75) is 31.0 Å². The van der Waals surface area contributed by atoms with Crippen LogP contribution in [0.3, 0.4) is 0 Å². The van der Waals surface area contributed by atoms with Gasteiger partial charge in [0.25, 0.3) is 5.56 Å². The van der Waals surface area contributed by atoms with E-state index in [-0.39, 0.29) is 30.1 Å². The molecule has 1 fully saturated rings. The molecule has 0 bridgehead atoms. The number of nitrogens with zero attached hydrogens (tertiary/aromatic N) is 3. The van der Waals surface area contributed by atoms with Crippen molar-refractivity contribution >= 4 is 23.0 Å². The molecule has 6 N–H and O–H groups in total. The number of hydrogen-bond donors (Lipinski definition) is 6. The minimum atomic E-state index is -1.37. The molecule has 0 aliphatic carbocycles. The Balaban J connectivity index is 1.98. The van der Waals surface area contributed by atoms with Crippen molar-refractivity contribution in [3.05, 3.63) is 16.7 Å². The highest BCUT2D eigenvalue weighted by atomic mass is 16.6. The average molecular weight is 355 g/mol. The van der Waals surface area contributed by atoms with Crippen LogP contribution in [0.1, 0.15) is 12.6 Å². The summed E-state index contributed by atoms with van der Waals surface area (Å²) in [4.78, 5) is 33.9.